The maximum atomic E-state index is 11.7. The number of ether oxygens (including phenoxy) is 1. The van der Waals surface area contributed by atoms with E-state index in [9.17, 15) is 4.79 Å². The van der Waals surface area contributed by atoms with E-state index in [0.29, 0.717) is 11.7 Å². The molecule has 0 aromatic carbocycles. The van der Waals surface area contributed by atoms with Crippen molar-refractivity contribution in [3.63, 3.8) is 0 Å². The third-order valence-electron chi connectivity index (χ3n) is 3.74. The molecule has 2 nitrogen and oxygen atoms in total. The average molecular weight is 243 g/mol. The molecule has 0 aromatic heterocycles. The molecule has 70 valence electrons. The Balaban J connectivity index is 2.04. The molecule has 0 aromatic rings. The van der Waals surface area contributed by atoms with Crippen LogP contribution >= 0.6 is 15.9 Å². The van der Waals surface area contributed by atoms with Crippen molar-refractivity contribution < 1.29 is 9.53 Å². The third kappa shape index (κ3) is 0.724. The van der Waals surface area contributed by atoms with Gasteiger partial charge < -0.3 is 4.74 Å². The lowest BCUT2D eigenvalue weighted by Gasteiger charge is -2.48. The van der Waals surface area contributed by atoms with E-state index in [1.165, 1.54) is 0 Å². The topological polar surface area (TPSA) is 26.3 Å². The van der Waals surface area contributed by atoms with Crippen molar-refractivity contribution in [1.82, 2.24) is 0 Å². The van der Waals surface area contributed by atoms with Crippen molar-refractivity contribution in [3.05, 3.63) is 10.6 Å². The molecule has 2 bridgehead atoms. The molecule has 4 atom stereocenters. The largest absolute Gasteiger partial charge is 0.365 e. The fourth-order valence-corrected chi connectivity index (χ4v) is 3.65. The summed E-state index contributed by atoms with van der Waals surface area (Å²) in [5.41, 5.74) is -0.169. The van der Waals surface area contributed by atoms with Gasteiger partial charge in [-0.2, -0.15) is 0 Å². The summed E-state index contributed by atoms with van der Waals surface area (Å²) >= 11 is 3.49. The predicted molar refractivity (Wildman–Crippen MR) is 51.4 cm³/mol. The van der Waals surface area contributed by atoms with E-state index < -0.39 is 0 Å². The number of hydrogen-bond donors (Lipinski definition) is 0. The predicted octanol–water partition coefficient (Wildman–Crippen LogP) is 1.89. The number of ketones is 1. The van der Waals surface area contributed by atoms with Gasteiger partial charge >= 0.3 is 0 Å². The van der Waals surface area contributed by atoms with Crippen LogP contribution in [0.3, 0.4) is 0 Å². The molecular formula is C10H11BrO2. The number of halogens is 1. The van der Waals surface area contributed by atoms with Gasteiger partial charge in [0.25, 0.3) is 0 Å². The van der Waals surface area contributed by atoms with Crippen LogP contribution in [0.4, 0.5) is 0 Å². The zero-order valence-electron chi connectivity index (χ0n) is 7.58. The van der Waals surface area contributed by atoms with E-state index in [4.69, 9.17) is 4.74 Å². The van der Waals surface area contributed by atoms with Gasteiger partial charge in [-0.05, 0) is 6.08 Å². The van der Waals surface area contributed by atoms with Crippen LogP contribution < -0.4 is 0 Å². The molecule has 2 aliphatic heterocycles. The van der Waals surface area contributed by atoms with E-state index in [1.807, 2.05) is 19.9 Å². The Bertz CT molecular complexity index is 332. The van der Waals surface area contributed by atoms with Gasteiger partial charge in [-0.1, -0.05) is 29.8 Å². The van der Waals surface area contributed by atoms with Crippen molar-refractivity contribution in [1.29, 1.82) is 0 Å². The monoisotopic (exact) mass is 242 g/mol. The molecule has 0 amide bonds. The van der Waals surface area contributed by atoms with Crippen LogP contribution in [0.1, 0.15) is 13.8 Å². The molecule has 1 saturated heterocycles. The first kappa shape index (κ1) is 8.18. The van der Waals surface area contributed by atoms with Crippen molar-refractivity contribution in [2.45, 2.75) is 26.1 Å². The second-order valence-corrected chi connectivity index (χ2v) is 5.63. The minimum absolute atomic E-state index is 0.0601. The highest BCUT2D eigenvalue weighted by Gasteiger charge is 2.68. The van der Waals surface area contributed by atoms with E-state index in [-0.39, 0.29) is 23.5 Å². The van der Waals surface area contributed by atoms with Crippen LogP contribution in [0, 0.1) is 17.3 Å². The quantitative estimate of drug-likeness (QED) is 0.649. The van der Waals surface area contributed by atoms with E-state index in [2.05, 4.69) is 15.9 Å². The van der Waals surface area contributed by atoms with E-state index >= 15 is 0 Å². The SMILES string of the molecule is CC1(C)C(=O)[C@@H]2[C@H]1[C@@H]1O[C@H]2C=C1Br. The molecule has 2 heterocycles. The number of rotatable bonds is 0. The number of hydrogen-bond acceptors (Lipinski definition) is 2. The Kier molecular flexibility index (Phi) is 1.31. The number of carbonyl (C=O) groups excluding carboxylic acids is 1. The van der Waals surface area contributed by atoms with Gasteiger partial charge in [0.2, 0.25) is 0 Å². The van der Waals surface area contributed by atoms with Crippen LogP contribution in [0.15, 0.2) is 10.6 Å². The summed E-state index contributed by atoms with van der Waals surface area (Å²) in [4.78, 5) is 11.7. The summed E-state index contributed by atoms with van der Waals surface area (Å²) < 4.78 is 6.86. The summed E-state index contributed by atoms with van der Waals surface area (Å²) in [6, 6.07) is 0. The van der Waals surface area contributed by atoms with Gasteiger partial charge in [0.1, 0.15) is 5.78 Å². The summed E-state index contributed by atoms with van der Waals surface area (Å²) in [6.07, 6.45) is 2.26. The minimum Gasteiger partial charge on any atom is -0.365 e. The molecule has 2 fully saturated rings. The molecule has 1 aliphatic carbocycles. The van der Waals surface area contributed by atoms with Gasteiger partial charge in [0, 0.05) is 15.8 Å². The first-order valence-electron chi connectivity index (χ1n) is 4.60. The van der Waals surface area contributed by atoms with E-state index in [1.54, 1.807) is 0 Å². The molecule has 13 heavy (non-hydrogen) atoms. The Morgan fingerprint density at radius 3 is 2.92 bits per heavy atom. The van der Waals surface area contributed by atoms with Gasteiger partial charge in [-0.15, -0.1) is 0 Å². The average Bonchev–Trinajstić information content (AvgIpc) is 2.57. The summed E-state index contributed by atoms with van der Waals surface area (Å²) in [5.74, 6) is 0.937. The smallest absolute Gasteiger partial charge is 0.145 e. The highest BCUT2D eigenvalue weighted by atomic mass is 79.9. The van der Waals surface area contributed by atoms with Crippen LogP contribution in [0.25, 0.3) is 0 Å². The van der Waals surface area contributed by atoms with Crippen molar-refractivity contribution >= 4 is 21.7 Å². The maximum Gasteiger partial charge on any atom is 0.145 e. The Morgan fingerprint density at radius 2 is 2.23 bits per heavy atom. The summed E-state index contributed by atoms with van der Waals surface area (Å²) in [6.45, 7) is 4.06. The van der Waals surface area contributed by atoms with Crippen molar-refractivity contribution in [2.24, 2.45) is 17.3 Å². The lowest BCUT2D eigenvalue weighted by Crippen LogP contribution is -2.58. The molecule has 1 saturated carbocycles. The zero-order valence-corrected chi connectivity index (χ0v) is 9.17. The first-order chi connectivity index (χ1) is 6.03. The molecule has 0 spiro atoms. The molecule has 3 rings (SSSR count). The Labute approximate surface area is 85.5 Å². The van der Waals surface area contributed by atoms with E-state index in [0.717, 1.165) is 4.48 Å². The molecule has 0 radical (unpaired) electrons. The van der Waals surface area contributed by atoms with Crippen LogP contribution in [0.2, 0.25) is 0 Å². The second-order valence-electron chi connectivity index (χ2n) is 4.71. The van der Waals surface area contributed by atoms with Crippen molar-refractivity contribution in [3.8, 4) is 0 Å². The molecular weight excluding hydrogens is 232 g/mol. The molecule has 3 heteroatoms. The van der Waals surface area contributed by atoms with Crippen molar-refractivity contribution in [2.75, 3.05) is 0 Å². The van der Waals surface area contributed by atoms with Gasteiger partial charge in [0.15, 0.2) is 0 Å². The normalized spacial score (nSPS) is 50.1. The lowest BCUT2D eigenvalue weighted by molar-refractivity contribution is -0.151. The Hall–Kier alpha value is -0.150. The van der Waals surface area contributed by atoms with Gasteiger partial charge in [0.05, 0.1) is 18.1 Å². The highest BCUT2D eigenvalue weighted by Crippen LogP contribution is 2.61. The lowest BCUT2D eigenvalue weighted by atomic mass is 9.51. The first-order valence-corrected chi connectivity index (χ1v) is 5.40. The molecule has 0 unspecified atom stereocenters. The summed E-state index contributed by atoms with van der Waals surface area (Å²) in [5, 5.41) is 0. The van der Waals surface area contributed by atoms with Crippen LogP contribution in [-0.4, -0.2) is 18.0 Å². The second kappa shape index (κ2) is 2.09. The zero-order chi connectivity index (χ0) is 9.38. The number of carbonyl (C=O) groups is 1. The maximum absolute atomic E-state index is 11.7. The number of fused-ring (bicyclic) bond motifs is 5. The fraction of sp³-hybridized carbons (Fsp3) is 0.700. The van der Waals surface area contributed by atoms with Crippen LogP contribution in [-0.2, 0) is 9.53 Å². The van der Waals surface area contributed by atoms with Gasteiger partial charge in [-0.25, -0.2) is 0 Å². The van der Waals surface area contributed by atoms with Crippen LogP contribution in [0.5, 0.6) is 0 Å². The van der Waals surface area contributed by atoms with Gasteiger partial charge in [-0.3, -0.25) is 4.79 Å². The fourth-order valence-electron chi connectivity index (χ4n) is 3.00. The highest BCUT2D eigenvalue weighted by molar-refractivity contribution is 9.11. The Morgan fingerprint density at radius 1 is 1.54 bits per heavy atom. The molecule has 3 aliphatic rings. The standard InChI is InChI=1S/C10H11BrO2/c1-10(2)7-6(9(10)12)5-3-4(11)8(7)13-5/h3,5-8H,1-2H3/t5-,6-,7-,8+/m0/s1. The minimum atomic E-state index is -0.169. The molecule has 0 N–H and O–H groups in total. The summed E-state index contributed by atoms with van der Waals surface area (Å²) in [7, 11) is 0. The number of Topliss-reactive ketones (excluding diaryl/α,β-unsaturated/α-hetero) is 1. The third-order valence-corrected chi connectivity index (χ3v) is 4.45.